The zero-order chi connectivity index (χ0) is 13.2. The quantitative estimate of drug-likeness (QED) is 0.559. The summed E-state index contributed by atoms with van der Waals surface area (Å²) < 4.78 is 11.1. The van der Waals surface area contributed by atoms with Crippen molar-refractivity contribution in [2.45, 2.75) is 19.8 Å². The molecule has 0 saturated carbocycles. The van der Waals surface area contributed by atoms with Crippen LogP contribution >= 0.6 is 15.9 Å². The molecule has 1 aromatic rings. The minimum atomic E-state index is 0.618. The van der Waals surface area contributed by atoms with Crippen LogP contribution in [0.5, 0.6) is 0 Å². The maximum absolute atomic E-state index is 5.36. The van der Waals surface area contributed by atoms with Crippen LogP contribution in [-0.2, 0) is 15.9 Å². The molecule has 0 radical (unpaired) electrons. The zero-order valence-electron chi connectivity index (χ0n) is 10.9. The maximum Gasteiger partial charge on any atom is 0.132 e. The summed E-state index contributed by atoms with van der Waals surface area (Å²) in [6, 6.07) is 1.87. The van der Waals surface area contributed by atoms with Gasteiger partial charge in [-0.25, -0.2) is 9.97 Å². The van der Waals surface area contributed by atoms with Crippen molar-refractivity contribution < 1.29 is 9.47 Å². The van der Waals surface area contributed by atoms with Gasteiger partial charge in [-0.1, -0.05) is 6.92 Å². The van der Waals surface area contributed by atoms with Gasteiger partial charge in [0.25, 0.3) is 0 Å². The van der Waals surface area contributed by atoms with Gasteiger partial charge < -0.3 is 14.8 Å². The normalized spacial score (nSPS) is 10.6. The molecule has 0 bridgehead atoms. The van der Waals surface area contributed by atoms with Crippen molar-refractivity contribution in [3.05, 3.63) is 16.5 Å². The topological polar surface area (TPSA) is 56.3 Å². The van der Waals surface area contributed by atoms with E-state index in [9.17, 15) is 0 Å². The van der Waals surface area contributed by atoms with E-state index in [0.717, 1.165) is 35.6 Å². The smallest absolute Gasteiger partial charge is 0.132 e. The summed E-state index contributed by atoms with van der Waals surface area (Å²) in [6.45, 7) is 4.71. The second-order valence-electron chi connectivity index (χ2n) is 3.77. The van der Waals surface area contributed by atoms with Gasteiger partial charge in [-0.2, -0.15) is 0 Å². The first-order chi connectivity index (χ1) is 8.76. The summed E-state index contributed by atoms with van der Waals surface area (Å²) in [6.07, 6.45) is 1.93. The molecule has 0 atom stereocenters. The lowest BCUT2D eigenvalue weighted by Gasteiger charge is -2.08. The summed E-state index contributed by atoms with van der Waals surface area (Å²) in [7, 11) is 1.66. The fourth-order valence-electron chi connectivity index (χ4n) is 1.39. The average molecular weight is 318 g/mol. The van der Waals surface area contributed by atoms with E-state index < -0.39 is 0 Å². The van der Waals surface area contributed by atoms with Crippen LogP contribution in [0.1, 0.15) is 19.2 Å². The van der Waals surface area contributed by atoms with Gasteiger partial charge in [0.15, 0.2) is 0 Å². The highest BCUT2D eigenvalue weighted by molar-refractivity contribution is 9.10. The third-order valence-corrected chi connectivity index (χ3v) is 2.61. The Morgan fingerprint density at radius 2 is 2.11 bits per heavy atom. The molecule has 18 heavy (non-hydrogen) atoms. The second kappa shape index (κ2) is 9.24. The SMILES string of the molecule is CCCc1nc(Br)cc(NCCOCCOC)n1. The van der Waals surface area contributed by atoms with Gasteiger partial charge in [-0.15, -0.1) is 0 Å². The van der Waals surface area contributed by atoms with Crippen LogP contribution < -0.4 is 5.32 Å². The van der Waals surface area contributed by atoms with Gasteiger partial charge in [0, 0.05) is 26.1 Å². The molecule has 102 valence electrons. The minimum Gasteiger partial charge on any atom is -0.382 e. The molecule has 0 fully saturated rings. The molecule has 0 spiro atoms. The molecule has 0 aliphatic rings. The van der Waals surface area contributed by atoms with Crippen LogP contribution in [0.2, 0.25) is 0 Å². The molecule has 0 aromatic carbocycles. The highest BCUT2D eigenvalue weighted by Crippen LogP contribution is 2.12. The van der Waals surface area contributed by atoms with E-state index in [1.54, 1.807) is 7.11 Å². The van der Waals surface area contributed by atoms with Crippen LogP contribution in [0, 0.1) is 0 Å². The van der Waals surface area contributed by atoms with Gasteiger partial charge in [-0.3, -0.25) is 0 Å². The fourth-order valence-corrected chi connectivity index (χ4v) is 1.81. The van der Waals surface area contributed by atoms with Crippen molar-refractivity contribution >= 4 is 21.7 Å². The fraction of sp³-hybridized carbons (Fsp3) is 0.667. The summed E-state index contributed by atoms with van der Waals surface area (Å²) >= 11 is 3.39. The highest BCUT2D eigenvalue weighted by atomic mass is 79.9. The zero-order valence-corrected chi connectivity index (χ0v) is 12.5. The Kier molecular flexibility index (Phi) is 7.88. The van der Waals surface area contributed by atoms with Crippen molar-refractivity contribution in [1.29, 1.82) is 0 Å². The lowest BCUT2D eigenvalue weighted by molar-refractivity contribution is 0.0759. The molecule has 1 N–H and O–H groups in total. The van der Waals surface area contributed by atoms with Crippen LogP contribution in [-0.4, -0.2) is 43.4 Å². The molecular weight excluding hydrogens is 298 g/mol. The van der Waals surface area contributed by atoms with Crippen molar-refractivity contribution in [2.75, 3.05) is 38.8 Å². The van der Waals surface area contributed by atoms with E-state index in [4.69, 9.17) is 9.47 Å². The maximum atomic E-state index is 5.36. The Bertz CT molecular complexity index is 350. The van der Waals surface area contributed by atoms with E-state index in [0.29, 0.717) is 19.8 Å². The Balaban J connectivity index is 2.32. The lowest BCUT2D eigenvalue weighted by atomic mass is 10.3. The molecule has 0 saturated heterocycles. The van der Waals surface area contributed by atoms with Gasteiger partial charge in [0.2, 0.25) is 0 Å². The predicted octanol–water partition coefficient (Wildman–Crippen LogP) is 2.27. The third-order valence-electron chi connectivity index (χ3n) is 2.20. The molecule has 1 aromatic heterocycles. The third kappa shape index (κ3) is 6.28. The van der Waals surface area contributed by atoms with Gasteiger partial charge in [0.1, 0.15) is 16.2 Å². The molecule has 5 nitrogen and oxygen atoms in total. The summed E-state index contributed by atoms with van der Waals surface area (Å²) in [4.78, 5) is 8.73. The number of rotatable bonds is 9. The first-order valence-electron chi connectivity index (χ1n) is 6.10. The summed E-state index contributed by atoms with van der Waals surface area (Å²) in [5.41, 5.74) is 0. The van der Waals surface area contributed by atoms with Crippen molar-refractivity contribution in [2.24, 2.45) is 0 Å². The van der Waals surface area contributed by atoms with E-state index in [1.165, 1.54) is 0 Å². The Hall–Kier alpha value is -0.720. The number of ether oxygens (including phenoxy) is 2. The van der Waals surface area contributed by atoms with E-state index in [-0.39, 0.29) is 0 Å². The molecule has 1 rings (SSSR count). The second-order valence-corrected chi connectivity index (χ2v) is 4.59. The predicted molar refractivity (Wildman–Crippen MR) is 74.9 cm³/mol. The Morgan fingerprint density at radius 3 is 2.83 bits per heavy atom. The Morgan fingerprint density at radius 1 is 1.28 bits per heavy atom. The van der Waals surface area contributed by atoms with Crippen LogP contribution in [0.25, 0.3) is 0 Å². The molecule has 6 heteroatoms. The van der Waals surface area contributed by atoms with Gasteiger partial charge in [0.05, 0.1) is 19.8 Å². The molecule has 0 aliphatic carbocycles. The van der Waals surface area contributed by atoms with Crippen LogP contribution in [0.4, 0.5) is 5.82 Å². The van der Waals surface area contributed by atoms with Crippen molar-refractivity contribution in [3.8, 4) is 0 Å². The number of aryl methyl sites for hydroxylation is 1. The minimum absolute atomic E-state index is 0.618. The molecule has 0 amide bonds. The number of anilines is 1. The van der Waals surface area contributed by atoms with Crippen molar-refractivity contribution in [3.63, 3.8) is 0 Å². The van der Waals surface area contributed by atoms with Crippen LogP contribution in [0.15, 0.2) is 10.7 Å². The first kappa shape index (κ1) is 15.3. The number of hydrogen-bond donors (Lipinski definition) is 1. The lowest BCUT2D eigenvalue weighted by Crippen LogP contribution is -2.13. The number of methoxy groups -OCH3 is 1. The standard InChI is InChI=1S/C12H20BrN3O2/c1-3-4-11-15-10(13)9-12(16-11)14-5-6-18-8-7-17-2/h9H,3-8H2,1-2H3,(H,14,15,16). The van der Waals surface area contributed by atoms with Gasteiger partial charge in [-0.05, 0) is 22.4 Å². The number of nitrogens with zero attached hydrogens (tertiary/aromatic N) is 2. The van der Waals surface area contributed by atoms with Gasteiger partial charge >= 0.3 is 0 Å². The summed E-state index contributed by atoms with van der Waals surface area (Å²) in [5, 5.41) is 3.21. The average Bonchev–Trinajstić information content (AvgIpc) is 2.33. The van der Waals surface area contributed by atoms with E-state index >= 15 is 0 Å². The highest BCUT2D eigenvalue weighted by Gasteiger charge is 2.01. The van der Waals surface area contributed by atoms with Crippen LogP contribution in [0.3, 0.4) is 0 Å². The molecule has 1 heterocycles. The molecule has 0 aliphatic heterocycles. The number of halogens is 1. The van der Waals surface area contributed by atoms with E-state index in [2.05, 4.69) is 38.1 Å². The monoisotopic (exact) mass is 317 g/mol. The number of hydrogen-bond acceptors (Lipinski definition) is 5. The number of nitrogens with one attached hydrogen (secondary N) is 1. The summed E-state index contributed by atoms with van der Waals surface area (Å²) in [5.74, 6) is 1.69. The first-order valence-corrected chi connectivity index (χ1v) is 6.89. The Labute approximate surface area is 116 Å². The van der Waals surface area contributed by atoms with E-state index in [1.807, 2.05) is 6.07 Å². The number of aromatic nitrogens is 2. The van der Waals surface area contributed by atoms with Crippen molar-refractivity contribution in [1.82, 2.24) is 9.97 Å². The largest absolute Gasteiger partial charge is 0.382 e. The molecule has 0 unspecified atom stereocenters. The molecular formula is C12H20BrN3O2.